The Kier molecular flexibility index (Phi) is 5.23. The molecule has 0 radical (unpaired) electrons. The number of amides is 1. The molecular weight excluding hydrogens is 278 g/mol. The molecule has 1 aromatic rings. The molecule has 114 valence electrons. The van der Waals surface area contributed by atoms with Crippen LogP contribution in [-0.4, -0.2) is 35.4 Å². The molecule has 21 heavy (non-hydrogen) atoms. The van der Waals surface area contributed by atoms with Crippen LogP contribution in [0.4, 0.5) is 0 Å². The number of rotatable bonds is 3. The van der Waals surface area contributed by atoms with Crippen LogP contribution in [0.2, 0.25) is 0 Å². The number of hydrogen-bond acceptors (Lipinski definition) is 2. The highest BCUT2D eigenvalue weighted by atomic mass is 32.2. The van der Waals surface area contributed by atoms with Gasteiger partial charge in [0.05, 0.1) is 0 Å². The van der Waals surface area contributed by atoms with Crippen LogP contribution >= 0.6 is 11.8 Å². The SMILES string of the molecule is O=C(C1CCSCC1)N1CCC(Cc2ccccc2)CC1. The lowest BCUT2D eigenvalue weighted by molar-refractivity contribution is -0.137. The number of carbonyl (C=O) groups excluding carboxylic acids is 1. The Bertz CT molecular complexity index is 448. The molecular formula is C18H25NOS. The van der Waals surface area contributed by atoms with Crippen LogP contribution in [0.5, 0.6) is 0 Å². The highest BCUT2D eigenvalue weighted by Gasteiger charge is 2.29. The Balaban J connectivity index is 1.47. The molecule has 0 atom stereocenters. The molecule has 0 spiro atoms. The average molecular weight is 303 g/mol. The van der Waals surface area contributed by atoms with Gasteiger partial charge in [-0.3, -0.25) is 4.79 Å². The van der Waals surface area contributed by atoms with Gasteiger partial charge in [0.25, 0.3) is 0 Å². The van der Waals surface area contributed by atoms with Crippen LogP contribution in [0.25, 0.3) is 0 Å². The first kappa shape index (κ1) is 15.0. The van der Waals surface area contributed by atoms with Gasteiger partial charge in [-0.25, -0.2) is 0 Å². The third-order valence-corrected chi connectivity index (χ3v) is 5.91. The predicted octanol–water partition coefficient (Wildman–Crippen LogP) is 3.61. The van der Waals surface area contributed by atoms with E-state index >= 15 is 0 Å². The minimum Gasteiger partial charge on any atom is -0.342 e. The van der Waals surface area contributed by atoms with E-state index in [2.05, 4.69) is 35.2 Å². The lowest BCUT2D eigenvalue weighted by Gasteiger charge is -2.35. The van der Waals surface area contributed by atoms with Crippen LogP contribution in [0.1, 0.15) is 31.2 Å². The minimum atomic E-state index is 0.317. The first-order valence-electron chi connectivity index (χ1n) is 8.23. The number of likely N-dealkylation sites (tertiary alicyclic amines) is 1. The van der Waals surface area contributed by atoms with Crippen molar-refractivity contribution in [3.8, 4) is 0 Å². The fourth-order valence-electron chi connectivity index (χ4n) is 3.51. The first-order valence-corrected chi connectivity index (χ1v) is 9.39. The molecule has 1 amide bonds. The van der Waals surface area contributed by atoms with E-state index in [0.717, 1.165) is 31.8 Å². The smallest absolute Gasteiger partial charge is 0.225 e. The van der Waals surface area contributed by atoms with E-state index in [9.17, 15) is 4.79 Å². The summed E-state index contributed by atoms with van der Waals surface area (Å²) in [5.41, 5.74) is 1.44. The Hall–Kier alpha value is -0.960. The lowest BCUT2D eigenvalue weighted by atomic mass is 9.89. The molecule has 0 saturated carbocycles. The van der Waals surface area contributed by atoms with Crippen LogP contribution < -0.4 is 0 Å². The van der Waals surface area contributed by atoms with Gasteiger partial charge in [0, 0.05) is 19.0 Å². The molecule has 0 unspecified atom stereocenters. The van der Waals surface area contributed by atoms with Crippen LogP contribution in [0.3, 0.4) is 0 Å². The van der Waals surface area contributed by atoms with Gasteiger partial charge in [-0.2, -0.15) is 11.8 Å². The van der Waals surface area contributed by atoms with E-state index in [1.807, 2.05) is 11.8 Å². The summed E-state index contributed by atoms with van der Waals surface area (Å²) in [6.45, 7) is 1.94. The predicted molar refractivity (Wildman–Crippen MR) is 89.5 cm³/mol. The molecule has 2 aliphatic heterocycles. The van der Waals surface area contributed by atoms with Gasteiger partial charge in [-0.1, -0.05) is 30.3 Å². The summed E-state index contributed by atoms with van der Waals surface area (Å²) in [6.07, 6.45) is 5.69. The second-order valence-electron chi connectivity index (χ2n) is 6.35. The monoisotopic (exact) mass is 303 g/mol. The summed E-state index contributed by atoms with van der Waals surface area (Å²) in [4.78, 5) is 14.7. The van der Waals surface area contributed by atoms with E-state index in [-0.39, 0.29) is 0 Å². The molecule has 2 fully saturated rings. The Morgan fingerprint density at radius 3 is 2.38 bits per heavy atom. The first-order chi connectivity index (χ1) is 10.3. The van der Waals surface area contributed by atoms with E-state index in [1.54, 1.807) is 0 Å². The molecule has 2 heterocycles. The molecule has 2 saturated heterocycles. The number of hydrogen-bond donors (Lipinski definition) is 0. The van der Waals surface area contributed by atoms with E-state index in [4.69, 9.17) is 0 Å². The standard InChI is InChI=1S/C18H25NOS/c20-18(17-8-12-21-13-9-17)19-10-6-16(7-11-19)14-15-4-2-1-3-5-15/h1-5,16-17H,6-14H2. The maximum absolute atomic E-state index is 12.5. The summed E-state index contributed by atoms with van der Waals surface area (Å²) in [5, 5.41) is 0. The normalized spacial score (nSPS) is 21.4. The summed E-state index contributed by atoms with van der Waals surface area (Å²) in [6, 6.07) is 10.8. The van der Waals surface area contributed by atoms with Gasteiger partial charge in [-0.05, 0) is 55.1 Å². The van der Waals surface area contributed by atoms with Crippen molar-refractivity contribution in [1.29, 1.82) is 0 Å². The Labute approximate surface area is 132 Å². The van der Waals surface area contributed by atoms with Crippen molar-refractivity contribution in [2.45, 2.75) is 32.1 Å². The number of carbonyl (C=O) groups is 1. The van der Waals surface area contributed by atoms with E-state index in [0.29, 0.717) is 11.8 Å². The number of nitrogens with zero attached hydrogens (tertiary/aromatic N) is 1. The maximum atomic E-state index is 12.5. The summed E-state index contributed by atoms with van der Waals surface area (Å²) >= 11 is 1.99. The van der Waals surface area contributed by atoms with Crippen LogP contribution in [0, 0.1) is 11.8 Å². The molecule has 0 aromatic heterocycles. The topological polar surface area (TPSA) is 20.3 Å². The quantitative estimate of drug-likeness (QED) is 0.850. The Morgan fingerprint density at radius 1 is 1.05 bits per heavy atom. The van der Waals surface area contributed by atoms with Crippen molar-refractivity contribution in [3.63, 3.8) is 0 Å². The second-order valence-corrected chi connectivity index (χ2v) is 7.57. The summed E-state index contributed by atoms with van der Waals surface area (Å²) in [5.74, 6) is 3.84. The number of thioether (sulfide) groups is 1. The number of piperidine rings is 1. The van der Waals surface area contributed by atoms with Crippen molar-refractivity contribution < 1.29 is 4.79 Å². The molecule has 3 heteroatoms. The molecule has 2 nitrogen and oxygen atoms in total. The largest absolute Gasteiger partial charge is 0.342 e. The molecule has 0 N–H and O–H groups in total. The van der Waals surface area contributed by atoms with Crippen molar-refractivity contribution in [3.05, 3.63) is 35.9 Å². The summed E-state index contributed by atoms with van der Waals surface area (Å²) in [7, 11) is 0. The lowest BCUT2D eigenvalue weighted by Crippen LogP contribution is -2.42. The van der Waals surface area contributed by atoms with Crippen molar-refractivity contribution in [1.82, 2.24) is 4.90 Å². The summed E-state index contributed by atoms with van der Waals surface area (Å²) < 4.78 is 0. The maximum Gasteiger partial charge on any atom is 0.225 e. The van der Waals surface area contributed by atoms with Gasteiger partial charge >= 0.3 is 0 Å². The van der Waals surface area contributed by atoms with Gasteiger partial charge in [0.1, 0.15) is 0 Å². The van der Waals surface area contributed by atoms with Gasteiger partial charge < -0.3 is 4.90 Å². The molecule has 0 bridgehead atoms. The minimum absolute atomic E-state index is 0.317. The van der Waals surface area contributed by atoms with Gasteiger partial charge in [0.2, 0.25) is 5.91 Å². The Morgan fingerprint density at radius 2 is 1.71 bits per heavy atom. The highest BCUT2D eigenvalue weighted by Crippen LogP contribution is 2.27. The fraction of sp³-hybridized carbons (Fsp3) is 0.611. The third kappa shape index (κ3) is 4.03. The van der Waals surface area contributed by atoms with Crippen LogP contribution in [0.15, 0.2) is 30.3 Å². The molecule has 2 aliphatic rings. The van der Waals surface area contributed by atoms with Crippen LogP contribution in [-0.2, 0) is 11.2 Å². The molecule has 0 aliphatic carbocycles. The zero-order valence-corrected chi connectivity index (χ0v) is 13.5. The van der Waals surface area contributed by atoms with Gasteiger partial charge in [0.15, 0.2) is 0 Å². The molecule has 3 rings (SSSR count). The highest BCUT2D eigenvalue weighted by molar-refractivity contribution is 7.99. The third-order valence-electron chi connectivity index (χ3n) is 4.86. The average Bonchev–Trinajstić information content (AvgIpc) is 2.57. The van der Waals surface area contributed by atoms with E-state index in [1.165, 1.54) is 36.3 Å². The van der Waals surface area contributed by atoms with Crippen molar-refractivity contribution in [2.75, 3.05) is 24.6 Å². The second kappa shape index (κ2) is 7.35. The molecule has 1 aromatic carbocycles. The zero-order valence-electron chi connectivity index (χ0n) is 12.7. The van der Waals surface area contributed by atoms with E-state index < -0.39 is 0 Å². The van der Waals surface area contributed by atoms with Crippen molar-refractivity contribution in [2.24, 2.45) is 11.8 Å². The fourth-order valence-corrected chi connectivity index (χ4v) is 4.61. The zero-order chi connectivity index (χ0) is 14.5. The number of benzene rings is 1. The van der Waals surface area contributed by atoms with Gasteiger partial charge in [-0.15, -0.1) is 0 Å². The van der Waals surface area contributed by atoms with Crippen molar-refractivity contribution >= 4 is 17.7 Å².